The van der Waals surface area contributed by atoms with Crippen LogP contribution >= 0.6 is 29.7 Å². The fraction of sp³-hybridized carbons (Fsp3) is 0. The first-order chi connectivity index (χ1) is 9.71. The molecule has 2 rings (SSSR count). The van der Waals surface area contributed by atoms with Crippen LogP contribution in [-0.2, 0) is 4.57 Å². The van der Waals surface area contributed by atoms with Gasteiger partial charge in [-0.05, 0) is 11.2 Å². The molecule has 10 nitrogen and oxygen atoms in total. The number of aromatic nitrogens is 4. The highest BCUT2D eigenvalue weighted by Gasteiger charge is 2.15. The molecule has 1 unspecified atom stereocenters. The van der Waals surface area contributed by atoms with Crippen molar-refractivity contribution < 1.29 is 9.46 Å². The molecule has 0 fully saturated rings. The Morgan fingerprint density at radius 3 is 2.43 bits per heavy atom. The molecule has 0 bridgehead atoms. The van der Waals surface area contributed by atoms with E-state index in [9.17, 15) is 4.57 Å². The van der Waals surface area contributed by atoms with Crippen molar-refractivity contribution >= 4 is 59.1 Å². The molecule has 112 valence electrons. The Bertz CT molecular complexity index is 703. The van der Waals surface area contributed by atoms with Gasteiger partial charge in [-0.1, -0.05) is 11.6 Å². The Labute approximate surface area is 128 Å². The summed E-state index contributed by atoms with van der Waals surface area (Å²) >= 11 is 10.9. The number of halogens is 2. The predicted molar refractivity (Wildman–Crippen MR) is 80.5 cm³/mol. The Morgan fingerprint density at radius 2 is 1.81 bits per heavy atom. The maximum absolute atomic E-state index is 11.1. The second-order valence-corrected chi connectivity index (χ2v) is 6.66. The second-order valence-electron chi connectivity index (χ2n) is 3.67. The fourth-order valence-corrected chi connectivity index (χ4v) is 2.18. The quantitative estimate of drug-likeness (QED) is 0.403. The van der Waals surface area contributed by atoms with Crippen molar-refractivity contribution in [3.63, 3.8) is 0 Å². The summed E-state index contributed by atoms with van der Waals surface area (Å²) < 4.78 is 11.1. The number of nitrogens with two attached hydrogens (primary N) is 2. The molecule has 0 aliphatic rings. The van der Waals surface area contributed by atoms with Crippen LogP contribution < -0.4 is 21.9 Å². The molecular weight excluding hydrogens is 342 g/mol. The number of nitrogen functional groups attached to an aromatic ring is 2. The molecular formula is C8H9Cl2N8O2P. The van der Waals surface area contributed by atoms with E-state index in [0.717, 1.165) is 0 Å². The van der Waals surface area contributed by atoms with Crippen molar-refractivity contribution in [3.8, 4) is 0 Å². The van der Waals surface area contributed by atoms with E-state index in [1.807, 2.05) is 0 Å². The van der Waals surface area contributed by atoms with Crippen molar-refractivity contribution in [1.29, 1.82) is 0 Å². The van der Waals surface area contributed by atoms with Crippen molar-refractivity contribution in [2.24, 2.45) is 0 Å². The lowest BCUT2D eigenvalue weighted by Gasteiger charge is -2.09. The molecule has 0 aliphatic carbocycles. The van der Waals surface area contributed by atoms with E-state index < -0.39 is 6.87 Å². The topological polar surface area (TPSA) is 165 Å². The zero-order chi connectivity index (χ0) is 15.6. The normalized spacial score (nSPS) is 13.5. The molecule has 1 atom stereocenters. The smallest absolute Gasteiger partial charge is 0.383 e. The third kappa shape index (κ3) is 4.87. The van der Waals surface area contributed by atoms with Gasteiger partial charge >= 0.3 is 6.87 Å². The Kier molecular flexibility index (Phi) is 4.33. The summed E-state index contributed by atoms with van der Waals surface area (Å²) in [5, 5.41) is 4.90. The first-order valence-corrected chi connectivity index (χ1v) is 8.18. The van der Waals surface area contributed by atoms with Gasteiger partial charge in [0, 0.05) is 12.1 Å². The third-order valence-corrected chi connectivity index (χ3v) is 2.90. The van der Waals surface area contributed by atoms with Gasteiger partial charge in [0.05, 0.1) is 0 Å². The van der Waals surface area contributed by atoms with Crippen LogP contribution in [0.5, 0.6) is 0 Å². The molecule has 2 aromatic heterocycles. The highest BCUT2D eigenvalue weighted by Crippen LogP contribution is 2.45. The summed E-state index contributed by atoms with van der Waals surface area (Å²) in [4.78, 5) is 24.4. The summed E-state index contributed by atoms with van der Waals surface area (Å²) in [6.45, 7) is -4.05. The lowest BCUT2D eigenvalue weighted by molar-refractivity contribution is 0.501. The van der Waals surface area contributed by atoms with E-state index in [2.05, 4.69) is 30.3 Å². The number of nitrogens with zero attached hydrogens (tertiary/aromatic N) is 4. The largest absolute Gasteiger partial charge is 0.384 e. The highest BCUT2D eigenvalue weighted by molar-refractivity contribution is 7.85. The minimum atomic E-state index is -4.05. The standard InChI is InChI=1S/C8H9Cl2N8O2P/c9-3-1-4(11)14-8(13-3)17-5-2-6(16-7(12)15-5)18-21(10,19)20/h1-2H,(H7,11,12,13,14,15,16,17,18,19,20). The predicted octanol–water partition coefficient (Wildman–Crippen LogP) is 1.58. The molecule has 0 spiro atoms. The van der Waals surface area contributed by atoms with Crippen molar-refractivity contribution in [2.45, 2.75) is 0 Å². The monoisotopic (exact) mass is 350 g/mol. The molecule has 7 N–H and O–H groups in total. The van der Waals surface area contributed by atoms with Crippen molar-refractivity contribution in [1.82, 2.24) is 19.9 Å². The number of hydrogen-bond donors (Lipinski definition) is 5. The Hall–Kier alpha value is -1.87. The molecule has 0 saturated heterocycles. The van der Waals surface area contributed by atoms with E-state index >= 15 is 0 Å². The Balaban J connectivity index is 2.29. The number of nitrogens with one attached hydrogen (secondary N) is 2. The summed E-state index contributed by atoms with van der Waals surface area (Å²) in [5.41, 5.74) is 11.0. The van der Waals surface area contributed by atoms with E-state index in [-0.39, 0.29) is 34.5 Å². The molecule has 21 heavy (non-hydrogen) atoms. The molecule has 2 heterocycles. The first kappa shape index (κ1) is 15.5. The molecule has 0 aromatic carbocycles. The van der Waals surface area contributed by atoms with Gasteiger partial charge in [0.2, 0.25) is 11.9 Å². The zero-order valence-corrected chi connectivity index (χ0v) is 12.6. The third-order valence-electron chi connectivity index (χ3n) is 1.95. The molecule has 13 heteroatoms. The van der Waals surface area contributed by atoms with Crippen LogP contribution in [0.3, 0.4) is 0 Å². The number of rotatable bonds is 4. The van der Waals surface area contributed by atoms with Crippen LogP contribution in [0.4, 0.5) is 29.4 Å². The number of hydrogen-bond acceptors (Lipinski definition) is 8. The maximum atomic E-state index is 11.1. The van der Waals surface area contributed by atoms with Crippen LogP contribution in [-0.4, -0.2) is 24.8 Å². The summed E-state index contributed by atoms with van der Waals surface area (Å²) in [6, 6.07) is 2.64. The molecule has 0 amide bonds. The van der Waals surface area contributed by atoms with E-state index in [0.29, 0.717) is 0 Å². The maximum Gasteiger partial charge on any atom is 0.384 e. The molecule has 0 saturated carbocycles. The average Bonchev–Trinajstić information content (AvgIpc) is 2.23. The summed E-state index contributed by atoms with van der Waals surface area (Å²) in [7, 11) is 0. The molecule has 0 radical (unpaired) electrons. The molecule has 0 aliphatic heterocycles. The van der Waals surface area contributed by atoms with E-state index in [1.165, 1.54) is 12.1 Å². The van der Waals surface area contributed by atoms with E-state index in [1.54, 1.807) is 0 Å². The lowest BCUT2D eigenvalue weighted by atomic mass is 10.5. The van der Waals surface area contributed by atoms with Crippen LogP contribution in [0.2, 0.25) is 5.15 Å². The minimum Gasteiger partial charge on any atom is -0.383 e. The van der Waals surface area contributed by atoms with Gasteiger partial charge in [-0.25, -0.2) is 9.55 Å². The zero-order valence-electron chi connectivity index (χ0n) is 10.2. The van der Waals surface area contributed by atoms with Crippen LogP contribution in [0.1, 0.15) is 0 Å². The second kappa shape index (κ2) is 5.86. The first-order valence-electron chi connectivity index (χ1n) is 5.24. The van der Waals surface area contributed by atoms with Gasteiger partial charge in [0.25, 0.3) is 0 Å². The average molecular weight is 351 g/mol. The van der Waals surface area contributed by atoms with E-state index in [4.69, 9.17) is 39.2 Å². The Morgan fingerprint density at radius 1 is 1.14 bits per heavy atom. The van der Waals surface area contributed by atoms with Crippen molar-refractivity contribution in [2.75, 3.05) is 21.9 Å². The van der Waals surface area contributed by atoms with Crippen LogP contribution in [0, 0.1) is 0 Å². The SMILES string of the molecule is Nc1cc(Cl)nc(Nc2cc(NP(=O)(O)Cl)nc(N)n2)n1. The fourth-order valence-electron chi connectivity index (χ4n) is 1.33. The summed E-state index contributed by atoms with van der Waals surface area (Å²) in [5.74, 6) is 0.154. The molecule has 2 aromatic rings. The highest BCUT2D eigenvalue weighted by atomic mass is 35.7. The van der Waals surface area contributed by atoms with Gasteiger partial charge in [-0.3, -0.25) is 5.09 Å². The van der Waals surface area contributed by atoms with Gasteiger partial charge in [-0.15, -0.1) is 0 Å². The van der Waals surface area contributed by atoms with Crippen molar-refractivity contribution in [3.05, 3.63) is 17.3 Å². The number of anilines is 5. The lowest BCUT2D eigenvalue weighted by Crippen LogP contribution is -2.06. The van der Waals surface area contributed by atoms with Crippen LogP contribution in [0.25, 0.3) is 0 Å². The minimum absolute atomic E-state index is 0.0548. The van der Waals surface area contributed by atoms with Gasteiger partial charge in [0.15, 0.2) is 0 Å². The van der Waals surface area contributed by atoms with Crippen LogP contribution in [0.15, 0.2) is 12.1 Å². The van der Waals surface area contributed by atoms with Gasteiger partial charge in [-0.2, -0.15) is 15.0 Å². The van der Waals surface area contributed by atoms with Gasteiger partial charge < -0.3 is 21.7 Å². The van der Waals surface area contributed by atoms with Gasteiger partial charge in [0.1, 0.15) is 22.6 Å². The summed E-state index contributed by atoms with van der Waals surface area (Å²) in [6.07, 6.45) is 0.